The van der Waals surface area contributed by atoms with Gasteiger partial charge in [0.25, 0.3) is 0 Å². The van der Waals surface area contributed by atoms with Crippen LogP contribution in [0.2, 0.25) is 0 Å². The van der Waals surface area contributed by atoms with E-state index in [4.69, 9.17) is 0 Å². The van der Waals surface area contributed by atoms with E-state index in [9.17, 15) is 19.2 Å². The topological polar surface area (TPSA) is 83.6 Å². The van der Waals surface area contributed by atoms with Crippen LogP contribution in [-0.4, -0.2) is 34.6 Å². The first-order chi connectivity index (χ1) is 10.1. The molecule has 0 spiro atoms. The summed E-state index contributed by atoms with van der Waals surface area (Å²) in [6.45, 7) is 0. The van der Waals surface area contributed by atoms with E-state index in [0.29, 0.717) is 11.8 Å². The molecule has 2 saturated heterocycles. The van der Waals surface area contributed by atoms with Crippen molar-refractivity contribution in [1.82, 2.24) is 10.2 Å². The fourth-order valence-electron chi connectivity index (χ4n) is 4.83. The number of carbonyl (C=O) groups is 4. The number of imide groups is 2. The maximum absolute atomic E-state index is 12.7. The quantitative estimate of drug-likeness (QED) is 0.700. The predicted molar refractivity (Wildman–Crippen MR) is 70.5 cm³/mol. The summed E-state index contributed by atoms with van der Waals surface area (Å²) in [7, 11) is 0. The monoisotopic (exact) mass is 290 g/mol. The zero-order chi connectivity index (χ0) is 14.7. The van der Waals surface area contributed by atoms with Gasteiger partial charge in [-0.3, -0.25) is 29.4 Å². The number of piperidine rings is 1. The first-order valence-corrected chi connectivity index (χ1v) is 7.78. The summed E-state index contributed by atoms with van der Waals surface area (Å²) in [5.41, 5.74) is 0. The standard InChI is InChI=1S/C15H18N2O4/c18-10-6-5-9(13(19)16-10)17-14(20)11-7-1-2-8(4-3-7)12(11)15(17)21/h7-9,11-12H,1-6H2,(H,16,18,19). The van der Waals surface area contributed by atoms with Crippen molar-refractivity contribution in [3.05, 3.63) is 0 Å². The second-order valence-corrected chi connectivity index (χ2v) is 6.74. The SMILES string of the molecule is O=C1CCC(N2C(=O)C3C4CCC(CC4)C3C2=O)C(=O)N1. The Labute approximate surface area is 122 Å². The van der Waals surface area contributed by atoms with Gasteiger partial charge in [-0.25, -0.2) is 0 Å². The lowest BCUT2D eigenvalue weighted by molar-refractivity contribution is -0.151. The second kappa shape index (κ2) is 4.39. The first-order valence-electron chi connectivity index (χ1n) is 7.78. The minimum absolute atomic E-state index is 0.172. The van der Waals surface area contributed by atoms with E-state index in [0.717, 1.165) is 25.7 Å². The Morgan fingerprint density at radius 1 is 0.810 bits per heavy atom. The number of likely N-dealkylation sites (tertiary alicyclic amines) is 1. The number of rotatable bonds is 1. The Kier molecular flexibility index (Phi) is 2.71. The van der Waals surface area contributed by atoms with Crippen molar-refractivity contribution in [2.24, 2.45) is 23.7 Å². The van der Waals surface area contributed by atoms with Crippen molar-refractivity contribution in [3.8, 4) is 0 Å². The molecule has 5 aliphatic rings. The van der Waals surface area contributed by atoms with Crippen LogP contribution in [0.25, 0.3) is 0 Å². The van der Waals surface area contributed by atoms with Crippen LogP contribution < -0.4 is 5.32 Å². The molecular weight excluding hydrogens is 272 g/mol. The van der Waals surface area contributed by atoms with Crippen LogP contribution in [0.1, 0.15) is 38.5 Å². The van der Waals surface area contributed by atoms with Crippen molar-refractivity contribution < 1.29 is 19.2 Å². The van der Waals surface area contributed by atoms with Crippen LogP contribution in [0.4, 0.5) is 0 Å². The zero-order valence-corrected chi connectivity index (χ0v) is 11.7. The number of hydrogen-bond donors (Lipinski definition) is 1. The Hall–Kier alpha value is -1.72. The van der Waals surface area contributed by atoms with Crippen LogP contribution in [0.15, 0.2) is 0 Å². The molecule has 6 nitrogen and oxygen atoms in total. The summed E-state index contributed by atoms with van der Waals surface area (Å²) in [6.07, 6.45) is 4.54. The normalized spacial score (nSPS) is 42.3. The lowest BCUT2D eigenvalue weighted by Gasteiger charge is -2.42. The molecule has 5 fully saturated rings. The van der Waals surface area contributed by atoms with Gasteiger partial charge >= 0.3 is 0 Å². The molecule has 3 unspecified atom stereocenters. The molecule has 6 heteroatoms. The predicted octanol–water partition coefficient (Wildman–Crippen LogP) is 0.213. The smallest absolute Gasteiger partial charge is 0.249 e. The van der Waals surface area contributed by atoms with Gasteiger partial charge in [0.2, 0.25) is 23.6 Å². The molecule has 3 atom stereocenters. The lowest BCUT2D eigenvalue weighted by atomic mass is 9.59. The average Bonchev–Trinajstić information content (AvgIpc) is 2.75. The minimum Gasteiger partial charge on any atom is -0.295 e. The van der Waals surface area contributed by atoms with E-state index in [1.54, 1.807) is 0 Å². The molecule has 21 heavy (non-hydrogen) atoms. The molecule has 2 bridgehead atoms. The van der Waals surface area contributed by atoms with E-state index in [1.807, 2.05) is 0 Å². The number of amides is 4. The van der Waals surface area contributed by atoms with Crippen LogP contribution in [0, 0.1) is 23.7 Å². The molecule has 4 amide bonds. The Morgan fingerprint density at radius 3 is 1.81 bits per heavy atom. The molecule has 1 N–H and O–H groups in total. The Balaban J connectivity index is 1.65. The molecule has 112 valence electrons. The fraction of sp³-hybridized carbons (Fsp3) is 0.733. The van der Waals surface area contributed by atoms with Crippen LogP contribution in [0.3, 0.4) is 0 Å². The highest BCUT2D eigenvalue weighted by atomic mass is 16.2. The molecule has 2 heterocycles. The van der Waals surface area contributed by atoms with Gasteiger partial charge in [-0.2, -0.15) is 0 Å². The zero-order valence-electron chi connectivity index (χ0n) is 11.7. The maximum atomic E-state index is 12.7. The van der Waals surface area contributed by atoms with E-state index in [-0.39, 0.29) is 42.4 Å². The summed E-state index contributed by atoms with van der Waals surface area (Å²) in [5, 5.41) is 2.24. The highest BCUT2D eigenvalue weighted by molar-refractivity contribution is 6.11. The van der Waals surface area contributed by atoms with E-state index >= 15 is 0 Å². The third-order valence-electron chi connectivity index (χ3n) is 5.79. The third kappa shape index (κ3) is 1.71. The lowest BCUT2D eigenvalue weighted by Crippen LogP contribution is -2.54. The fourth-order valence-corrected chi connectivity index (χ4v) is 4.83. The van der Waals surface area contributed by atoms with Gasteiger partial charge in [0.15, 0.2) is 0 Å². The average molecular weight is 290 g/mol. The molecule has 5 rings (SSSR count). The van der Waals surface area contributed by atoms with Gasteiger partial charge in [-0.1, -0.05) is 0 Å². The number of hydrogen-bond acceptors (Lipinski definition) is 4. The Morgan fingerprint density at radius 2 is 1.33 bits per heavy atom. The summed E-state index contributed by atoms with van der Waals surface area (Å²) in [5.74, 6) is -0.995. The van der Waals surface area contributed by atoms with Crippen LogP contribution in [0.5, 0.6) is 0 Å². The Bertz CT molecular complexity index is 520. The molecular formula is C15H18N2O4. The van der Waals surface area contributed by atoms with Crippen molar-refractivity contribution in [2.45, 2.75) is 44.6 Å². The van der Waals surface area contributed by atoms with Crippen molar-refractivity contribution in [2.75, 3.05) is 0 Å². The summed E-state index contributed by atoms with van der Waals surface area (Å²) in [6, 6.07) is -0.785. The summed E-state index contributed by atoms with van der Waals surface area (Å²) in [4.78, 5) is 49.8. The van der Waals surface area contributed by atoms with Gasteiger partial charge in [-0.15, -0.1) is 0 Å². The second-order valence-electron chi connectivity index (χ2n) is 6.74. The number of nitrogens with zero attached hydrogens (tertiary/aromatic N) is 1. The number of fused-ring (bicyclic) bond motifs is 2. The highest BCUT2D eigenvalue weighted by Crippen LogP contribution is 2.53. The van der Waals surface area contributed by atoms with Gasteiger partial charge < -0.3 is 0 Å². The molecule has 0 aromatic carbocycles. The molecule has 3 aliphatic carbocycles. The largest absolute Gasteiger partial charge is 0.295 e. The van der Waals surface area contributed by atoms with E-state index in [1.165, 1.54) is 4.90 Å². The molecule has 3 saturated carbocycles. The van der Waals surface area contributed by atoms with Crippen molar-refractivity contribution in [1.29, 1.82) is 0 Å². The van der Waals surface area contributed by atoms with Crippen molar-refractivity contribution >= 4 is 23.6 Å². The van der Waals surface area contributed by atoms with Gasteiger partial charge in [-0.05, 0) is 43.9 Å². The van der Waals surface area contributed by atoms with Crippen molar-refractivity contribution in [3.63, 3.8) is 0 Å². The van der Waals surface area contributed by atoms with Gasteiger partial charge in [0.1, 0.15) is 6.04 Å². The van der Waals surface area contributed by atoms with E-state index < -0.39 is 11.9 Å². The van der Waals surface area contributed by atoms with Gasteiger partial charge in [0.05, 0.1) is 11.8 Å². The van der Waals surface area contributed by atoms with E-state index in [2.05, 4.69) is 5.32 Å². The molecule has 0 aromatic heterocycles. The summed E-state index contributed by atoms with van der Waals surface area (Å²) < 4.78 is 0. The molecule has 0 radical (unpaired) electrons. The highest BCUT2D eigenvalue weighted by Gasteiger charge is 2.60. The summed E-state index contributed by atoms with van der Waals surface area (Å²) >= 11 is 0. The maximum Gasteiger partial charge on any atom is 0.249 e. The third-order valence-corrected chi connectivity index (χ3v) is 5.79. The van der Waals surface area contributed by atoms with Gasteiger partial charge in [0, 0.05) is 6.42 Å². The number of nitrogens with one attached hydrogen (secondary N) is 1. The van der Waals surface area contributed by atoms with Crippen LogP contribution in [-0.2, 0) is 19.2 Å². The molecule has 2 aliphatic heterocycles. The first kappa shape index (κ1) is 13.0. The molecule has 0 aromatic rings. The number of carbonyl (C=O) groups excluding carboxylic acids is 4. The van der Waals surface area contributed by atoms with Crippen LogP contribution >= 0.6 is 0 Å². The minimum atomic E-state index is -0.785.